The molecule has 0 atom stereocenters. The first-order valence-electron chi connectivity index (χ1n) is 2.45. The lowest BCUT2D eigenvalue weighted by Crippen LogP contribution is -2.14. The number of hydrogen-bond donors (Lipinski definition) is 2. The molecule has 0 aliphatic heterocycles. The van der Waals surface area contributed by atoms with Crippen LogP contribution >= 0.6 is 0 Å². The summed E-state index contributed by atoms with van der Waals surface area (Å²) in [5.41, 5.74) is 6.76. The van der Waals surface area contributed by atoms with E-state index < -0.39 is 6.08 Å². The lowest BCUT2D eigenvalue weighted by atomic mass is 11.2. The first-order chi connectivity index (χ1) is 4.76. The van der Waals surface area contributed by atoms with E-state index in [1.807, 2.05) is 0 Å². The zero-order chi connectivity index (χ0) is 7.98. The minimum atomic E-state index is -0.467. The number of nitrogens with one attached hydrogen (secondary N) is 1. The van der Waals surface area contributed by atoms with Crippen LogP contribution in [0.3, 0.4) is 0 Å². The van der Waals surface area contributed by atoms with E-state index in [1.54, 1.807) is 0 Å². The summed E-state index contributed by atoms with van der Waals surface area (Å²) in [5.74, 6) is 0. The zero-order valence-electron chi connectivity index (χ0n) is 5.77. The molecule has 2 N–H and O–H groups in total. The van der Waals surface area contributed by atoms with E-state index in [1.165, 1.54) is 14.2 Å². The van der Waals surface area contributed by atoms with Crippen molar-refractivity contribution in [3.8, 4) is 0 Å². The van der Waals surface area contributed by atoms with Crippen LogP contribution < -0.4 is 0 Å². The number of nitrogens with zero attached hydrogens (tertiary/aromatic N) is 3. The SMILES string of the molecule is C[N-][N+]([N-]C=N)=C(O)OC. The molecule has 0 unspecified atom stereocenters. The molecule has 58 valence electrons. The van der Waals surface area contributed by atoms with Gasteiger partial charge in [-0.15, -0.1) is 0 Å². The molecule has 0 aliphatic rings. The van der Waals surface area contributed by atoms with Crippen LogP contribution in [0.2, 0.25) is 0 Å². The number of aliphatic hydroxyl groups excluding tert-OH is 1. The Kier molecular flexibility index (Phi) is 3.78. The van der Waals surface area contributed by atoms with Crippen molar-refractivity contribution in [3.05, 3.63) is 10.9 Å². The van der Waals surface area contributed by atoms with E-state index in [2.05, 4.69) is 15.6 Å². The maximum Gasteiger partial charge on any atom is 0.537 e. The first kappa shape index (κ1) is 8.54. The number of hydrogen-bond acceptors (Lipinski definition) is 2. The predicted molar refractivity (Wildman–Crippen MR) is 36.3 cm³/mol. The standard InChI is InChI=1S/C4H9N4O2/c1-6-8(7-3-5)4(9)10-2/h3H,1-2H3,(H2-,5,7,9)/q-1. The molecule has 0 saturated carbocycles. The van der Waals surface area contributed by atoms with Crippen LogP contribution in [0.4, 0.5) is 0 Å². The second-order valence-electron chi connectivity index (χ2n) is 1.22. The average Bonchev–Trinajstić information content (AvgIpc) is 1.99. The molecule has 0 aromatic heterocycles. The Hall–Kier alpha value is -1.46. The van der Waals surface area contributed by atoms with Gasteiger partial charge in [0.05, 0.1) is 7.11 Å². The maximum absolute atomic E-state index is 8.78. The zero-order valence-corrected chi connectivity index (χ0v) is 5.77. The van der Waals surface area contributed by atoms with Crippen LogP contribution in [0, 0.1) is 5.41 Å². The van der Waals surface area contributed by atoms with Gasteiger partial charge in [0, 0.05) is 0 Å². The molecule has 0 radical (unpaired) electrons. The number of ether oxygens (including phenoxy) is 1. The largest absolute Gasteiger partial charge is 0.537 e. The molecule has 0 aliphatic carbocycles. The van der Waals surface area contributed by atoms with Gasteiger partial charge in [-0.2, -0.15) is 0 Å². The van der Waals surface area contributed by atoms with Gasteiger partial charge in [0.15, 0.2) is 0 Å². The molecule has 0 amide bonds. The Morgan fingerprint density at radius 1 is 1.80 bits per heavy atom. The smallest absolute Gasteiger partial charge is 0.442 e. The fraction of sp³-hybridized carbons (Fsp3) is 0.500. The molecule has 10 heavy (non-hydrogen) atoms. The molecule has 0 heterocycles. The van der Waals surface area contributed by atoms with Crippen LogP contribution in [0.25, 0.3) is 10.9 Å². The summed E-state index contributed by atoms with van der Waals surface area (Å²) in [4.78, 5) is 0.785. The van der Waals surface area contributed by atoms with Crippen LogP contribution in [0.5, 0.6) is 0 Å². The molecule has 0 saturated heterocycles. The van der Waals surface area contributed by atoms with Crippen molar-refractivity contribution in [2.75, 3.05) is 14.2 Å². The molecule has 0 aromatic carbocycles. The minimum absolute atomic E-state index is 0.467. The molecule has 0 bridgehead atoms. The van der Waals surface area contributed by atoms with E-state index in [9.17, 15) is 0 Å². The molecule has 0 spiro atoms. The van der Waals surface area contributed by atoms with Gasteiger partial charge in [-0.05, 0) is 6.34 Å². The predicted octanol–water partition coefficient (Wildman–Crippen LogP) is 0.374. The van der Waals surface area contributed by atoms with Crippen molar-refractivity contribution >= 4 is 12.4 Å². The van der Waals surface area contributed by atoms with Gasteiger partial charge < -0.3 is 26.1 Å². The third kappa shape index (κ3) is 2.21. The summed E-state index contributed by atoms with van der Waals surface area (Å²) in [6, 6.07) is 0. The summed E-state index contributed by atoms with van der Waals surface area (Å²) in [6.07, 6.45) is 0.272. The molecular weight excluding hydrogens is 136 g/mol. The Bertz CT molecular complexity index is 144. The lowest BCUT2D eigenvalue weighted by Gasteiger charge is -2.19. The number of methoxy groups -OCH3 is 1. The second kappa shape index (κ2) is 4.42. The van der Waals surface area contributed by atoms with Gasteiger partial charge in [0.1, 0.15) is 0 Å². The van der Waals surface area contributed by atoms with E-state index in [0.29, 0.717) is 0 Å². The van der Waals surface area contributed by atoms with Crippen molar-refractivity contribution in [2.24, 2.45) is 0 Å². The molecule has 0 rings (SSSR count). The van der Waals surface area contributed by atoms with Crippen molar-refractivity contribution in [1.29, 1.82) is 5.41 Å². The molecular formula is C4H9N4O2-. The fourth-order valence-electron chi connectivity index (χ4n) is 0.323. The van der Waals surface area contributed by atoms with Crippen LogP contribution in [0.1, 0.15) is 0 Å². The lowest BCUT2D eigenvalue weighted by molar-refractivity contribution is -0.435. The second-order valence-corrected chi connectivity index (χ2v) is 1.22. The van der Waals surface area contributed by atoms with Gasteiger partial charge in [-0.1, -0.05) is 7.05 Å². The fourth-order valence-corrected chi connectivity index (χ4v) is 0.323. The quantitative estimate of drug-likeness (QED) is 0.260. The highest BCUT2D eigenvalue weighted by molar-refractivity contribution is 5.66. The van der Waals surface area contributed by atoms with Gasteiger partial charge in [0.2, 0.25) is 0 Å². The molecule has 0 aromatic rings. The van der Waals surface area contributed by atoms with Gasteiger partial charge >= 0.3 is 6.08 Å². The summed E-state index contributed by atoms with van der Waals surface area (Å²) in [7, 11) is 2.68. The number of aliphatic hydroxyl groups is 1. The van der Waals surface area contributed by atoms with Crippen molar-refractivity contribution < 1.29 is 14.6 Å². The third-order valence-corrected chi connectivity index (χ3v) is 0.710. The van der Waals surface area contributed by atoms with E-state index in [4.69, 9.17) is 10.5 Å². The Labute approximate surface area is 58.6 Å². The normalized spacial score (nSPS) is 11.4. The van der Waals surface area contributed by atoms with Crippen molar-refractivity contribution in [3.63, 3.8) is 0 Å². The highest BCUT2D eigenvalue weighted by Gasteiger charge is 1.96. The summed E-state index contributed by atoms with van der Waals surface area (Å²) in [6.45, 7) is 0. The third-order valence-electron chi connectivity index (χ3n) is 0.710. The average molecular weight is 145 g/mol. The van der Waals surface area contributed by atoms with Crippen molar-refractivity contribution in [1.82, 2.24) is 0 Å². The Morgan fingerprint density at radius 2 is 2.40 bits per heavy atom. The van der Waals surface area contributed by atoms with Crippen LogP contribution in [0.15, 0.2) is 0 Å². The molecule has 0 fully saturated rings. The summed E-state index contributed by atoms with van der Waals surface area (Å²) < 4.78 is 4.36. The van der Waals surface area contributed by atoms with E-state index in [-0.39, 0.29) is 0 Å². The van der Waals surface area contributed by atoms with Crippen molar-refractivity contribution in [2.45, 2.75) is 0 Å². The monoisotopic (exact) mass is 145 g/mol. The molecule has 6 nitrogen and oxygen atoms in total. The number of rotatable bonds is 3. The minimum Gasteiger partial charge on any atom is -0.442 e. The maximum atomic E-state index is 8.78. The Morgan fingerprint density at radius 3 is 2.70 bits per heavy atom. The Balaban J connectivity index is 4.13. The van der Waals surface area contributed by atoms with Gasteiger partial charge in [-0.25, -0.2) is 4.79 Å². The van der Waals surface area contributed by atoms with Gasteiger partial charge in [0.25, 0.3) is 0 Å². The summed E-state index contributed by atoms with van der Waals surface area (Å²) in [5, 5.41) is 15.3. The van der Waals surface area contributed by atoms with Crippen LogP contribution in [-0.2, 0) is 4.74 Å². The first-order valence-corrected chi connectivity index (χ1v) is 2.45. The highest BCUT2D eigenvalue weighted by atomic mass is 16.6. The molecule has 6 heteroatoms. The topological polar surface area (TPSA) is 84.5 Å². The van der Waals surface area contributed by atoms with E-state index in [0.717, 1.165) is 11.1 Å². The summed E-state index contributed by atoms with van der Waals surface area (Å²) >= 11 is 0. The highest BCUT2D eigenvalue weighted by Crippen LogP contribution is 1.91. The van der Waals surface area contributed by atoms with Gasteiger partial charge in [-0.3, -0.25) is 0 Å². The van der Waals surface area contributed by atoms with E-state index >= 15 is 0 Å². The van der Waals surface area contributed by atoms with Crippen LogP contribution in [-0.4, -0.2) is 36.5 Å².